The topological polar surface area (TPSA) is 426 Å². The van der Waals surface area contributed by atoms with E-state index in [9.17, 15) is 23.6 Å². The lowest BCUT2D eigenvalue weighted by Crippen LogP contribution is -2.19. The van der Waals surface area contributed by atoms with Gasteiger partial charge in [-0.15, -0.1) is 0 Å². The number of nitrogens with one attached hydrogen (secondary N) is 8. The minimum atomic E-state index is -0.510. The lowest BCUT2D eigenvalue weighted by molar-refractivity contribution is 0.0956. The van der Waals surface area contributed by atoms with Gasteiger partial charge in [-0.25, -0.2) is 79.2 Å². The molecule has 670 valence electrons. The van der Waals surface area contributed by atoms with Gasteiger partial charge < -0.3 is 42.2 Å². The van der Waals surface area contributed by atoms with E-state index in [1.54, 1.807) is 121 Å². The molecule has 130 heavy (non-hydrogen) atoms. The van der Waals surface area contributed by atoms with Gasteiger partial charge in [-0.1, -0.05) is 95.8 Å². The largest absolute Gasteiger partial charge is 0.369 e. The van der Waals surface area contributed by atoms with Crippen LogP contribution in [0, 0.1) is 33.5 Å². The summed E-state index contributed by atoms with van der Waals surface area (Å²) < 4.78 is 55.0. The maximum Gasteiger partial charge on any atom is 0.251 e. The first-order valence-corrected chi connectivity index (χ1v) is 39.8. The van der Waals surface area contributed by atoms with Gasteiger partial charge in [-0.2, -0.15) is 54.0 Å². The summed E-state index contributed by atoms with van der Waals surface area (Å²) in [4.78, 5) is 137. The second-order valence-electron chi connectivity index (χ2n) is 28.8. The Kier molecular flexibility index (Phi) is 34.4. The maximum atomic E-state index is 14.6. The Morgan fingerprint density at radius 3 is 1.12 bits per heavy atom. The Morgan fingerprint density at radius 1 is 0.385 bits per heavy atom. The molecule has 0 aliphatic rings. The summed E-state index contributed by atoms with van der Waals surface area (Å²) in [6.45, 7) is 17.2. The number of rotatable bonds is 23. The van der Waals surface area contributed by atoms with Crippen molar-refractivity contribution in [3.8, 4) is 45.0 Å². The number of aromatic nitrogens is 20. The van der Waals surface area contributed by atoms with Crippen LogP contribution in [0.1, 0.15) is 153 Å². The molecule has 0 radical (unpaired) electrons. The molecular formula is C93H103FN28O4S4. The highest BCUT2D eigenvalue weighted by Crippen LogP contribution is 2.33. The molecule has 4 amide bonds. The highest BCUT2D eigenvalue weighted by Gasteiger charge is 2.23. The van der Waals surface area contributed by atoms with Crippen LogP contribution in [-0.4, -0.2) is 178 Å². The number of nitrogens with zero attached hydrogens (tertiary/aromatic N) is 20. The number of H-pyrrole nitrogens is 1. The summed E-state index contributed by atoms with van der Waals surface area (Å²) in [5, 5.41) is 23.1. The van der Waals surface area contributed by atoms with Gasteiger partial charge in [0.15, 0.2) is 5.49 Å². The predicted molar refractivity (Wildman–Crippen MR) is 526 cm³/mol. The molecule has 0 aliphatic carbocycles. The van der Waals surface area contributed by atoms with Crippen LogP contribution in [-0.2, 0) is 0 Å². The zero-order valence-electron chi connectivity index (χ0n) is 77.4. The fourth-order valence-electron chi connectivity index (χ4n) is 13.5. The number of fused-ring (bicyclic) bond motifs is 4. The molecule has 37 heteroatoms. The van der Waals surface area contributed by atoms with E-state index in [1.165, 1.54) is 44.4 Å². The molecule has 0 spiro atoms. The van der Waals surface area contributed by atoms with Crippen molar-refractivity contribution in [1.29, 1.82) is 0 Å². The van der Waals surface area contributed by atoms with Crippen molar-refractivity contribution in [3.63, 3.8) is 0 Å². The van der Waals surface area contributed by atoms with Gasteiger partial charge >= 0.3 is 0 Å². The Labute approximate surface area is 786 Å². The van der Waals surface area contributed by atoms with Crippen LogP contribution < -0.4 is 42.7 Å². The second kappa shape index (κ2) is 47.9. The van der Waals surface area contributed by atoms with E-state index < -0.39 is 5.82 Å². The molecule has 0 saturated carbocycles. The number of halogens is 1. The lowest BCUT2D eigenvalue weighted by atomic mass is 9.95. The van der Waals surface area contributed by atoms with Crippen LogP contribution in [0.3, 0.4) is 0 Å². The van der Waals surface area contributed by atoms with Crippen molar-refractivity contribution in [2.45, 2.75) is 86.5 Å². The van der Waals surface area contributed by atoms with Crippen LogP contribution in [0.15, 0.2) is 220 Å². The summed E-state index contributed by atoms with van der Waals surface area (Å²) in [6, 6.07) is 34.2. The van der Waals surface area contributed by atoms with E-state index in [0.29, 0.717) is 106 Å². The molecule has 32 nitrogen and oxygen atoms in total. The third-order valence-corrected chi connectivity index (χ3v) is 20.2. The van der Waals surface area contributed by atoms with Crippen molar-refractivity contribution >= 4 is 139 Å². The van der Waals surface area contributed by atoms with Crippen LogP contribution in [0.5, 0.6) is 0 Å². The van der Waals surface area contributed by atoms with Crippen LogP contribution in [0.4, 0.5) is 21.8 Å². The molecule has 16 rings (SSSR count). The third kappa shape index (κ3) is 24.9. The molecule has 4 aromatic carbocycles. The van der Waals surface area contributed by atoms with E-state index in [-0.39, 0.29) is 162 Å². The molecule has 0 unspecified atom stereocenters. The molecule has 8 N–H and O–H groups in total. The van der Waals surface area contributed by atoms with E-state index in [0.717, 1.165) is 77.6 Å². The molecule has 12 heterocycles. The van der Waals surface area contributed by atoms with Crippen molar-refractivity contribution in [2.75, 3.05) is 70.3 Å². The zero-order valence-corrected chi connectivity index (χ0v) is 76.4. The van der Waals surface area contributed by atoms with E-state index in [1.807, 2.05) is 81.4 Å². The Morgan fingerprint density at radius 2 is 0.723 bits per heavy atom. The molecule has 12 aromatic heterocycles. The number of para-hydroxylation sites is 3. The minimum absolute atomic E-state index is 0. The molecule has 0 fully saturated rings. The Hall–Kier alpha value is -14.4. The number of amides is 4. The smallest absolute Gasteiger partial charge is 0.251 e. The van der Waals surface area contributed by atoms with Gasteiger partial charge in [0, 0.05) is 220 Å². The number of aromatic amines is 1. The summed E-state index contributed by atoms with van der Waals surface area (Å²) in [5.41, 5.74) is 13.4. The fourth-order valence-corrected chi connectivity index (χ4v) is 13.5. The van der Waals surface area contributed by atoms with E-state index in [2.05, 4.69) is 163 Å². The van der Waals surface area contributed by atoms with E-state index >= 15 is 0 Å². The van der Waals surface area contributed by atoms with Crippen LogP contribution >= 0.6 is 54.0 Å². The number of hydrogen-bond donors (Lipinski definition) is 8. The summed E-state index contributed by atoms with van der Waals surface area (Å²) >= 11 is 0. The normalized spacial score (nSPS) is 12.1. The highest BCUT2D eigenvalue weighted by atomic mass is 32.1. The fraction of sp³-hybridized carbons (Fsp3) is 0.226. The Bertz CT molecular complexity index is 6950. The number of anilines is 3. The second-order valence-corrected chi connectivity index (χ2v) is 28.8. The van der Waals surface area contributed by atoms with Crippen LogP contribution in [0.2, 0.25) is 0 Å². The standard InChI is InChI=1S/C23H22FN7O.3C23H23N7O.CH4.4H2S/c1-13(9-29-20-8-19(30-12-31-20)15-10-27-14(2)28-11-15)16-4-5-18(24)21-17(23(32)25-3)6-7-26-22(16)21;3*1-14(17-5-4-6-18-19(23(31)24-3)7-8-25-22(17)18)10-28-21-9-20(29-13-30-21)16-11-26-15(2)27-12-16;;;;;/h4-8,10-13H,9H2,1-3H3,(H,25,32)(H,29,30,31);3*4-9,11-14H,10H2,1-3H3,(H,24,31)(H,28,29,30);1H4;4*1H2/t13-;3*14-;;;;;/m1111...../s1/i10D,11D;11D,12D;13D;;;;;;. The first kappa shape index (κ1) is 93.2. The third-order valence-electron chi connectivity index (χ3n) is 20.2. The SMILES string of the molecule is C.CNC(=O)c1ccnc2c([C@H](C)CNc3cc(-c4cnc(C)nc4)ncn3)cccc12.S.S.S.S.[2H]c1nc(=NC[C@@H](C)c2cccc3c(C(=O)NC)ccnc23)cc(-c2cnc(C)nc2)[nH]1.[2H]c1nc(C)nc([2H])c1-c1cc(NC[C@@H](C)c2ccc(F)c3c(C(=O)NC)ccnc23)ncn1.[2H]c1nc(C)nc([2H])c1-c1cc(NC[C@@H](C)c2cccc3c(C(=O)NC)ccnc23)ncn1. The lowest BCUT2D eigenvalue weighted by Gasteiger charge is -2.17. The van der Waals surface area contributed by atoms with Gasteiger partial charge in [-0.3, -0.25) is 44.1 Å². The maximum absolute atomic E-state index is 14.6. The average Bonchev–Trinajstić information content (AvgIpc) is 0.779. The van der Waals surface area contributed by atoms with Crippen molar-refractivity contribution in [3.05, 3.63) is 294 Å². The number of carbonyl (C=O) groups excluding carboxylic acids is 4. The molecule has 0 aliphatic heterocycles. The van der Waals surface area contributed by atoms with Gasteiger partial charge in [0.1, 0.15) is 66.9 Å². The summed E-state index contributed by atoms with van der Waals surface area (Å²) in [5.74, 6) is 2.67. The van der Waals surface area contributed by atoms with Crippen molar-refractivity contribution in [1.82, 2.24) is 121 Å². The van der Waals surface area contributed by atoms with Gasteiger partial charge in [0.05, 0.1) is 78.9 Å². The predicted octanol–water partition coefficient (Wildman–Crippen LogP) is 14.1. The number of aryl methyl sites for hydroxylation is 4. The molecule has 4 atom stereocenters. The molecule has 16 aromatic rings. The van der Waals surface area contributed by atoms with E-state index in [4.69, 9.17) is 6.85 Å². The Balaban J connectivity index is 0.000000219. The quantitative estimate of drug-likeness (QED) is 0.0295. The first-order chi connectivity index (χ1) is 62.7. The van der Waals surface area contributed by atoms with Crippen LogP contribution in [0.25, 0.3) is 88.6 Å². The number of carbonyl (C=O) groups is 4. The monoisotopic (exact) mass is 1830 g/mol. The number of hydrogen-bond acceptors (Lipinski definition) is 27. The van der Waals surface area contributed by atoms with Gasteiger partial charge in [0.2, 0.25) is 0 Å². The van der Waals surface area contributed by atoms with Crippen molar-refractivity contribution < 1.29 is 30.4 Å². The van der Waals surface area contributed by atoms with Crippen molar-refractivity contribution in [2.24, 2.45) is 4.99 Å². The summed E-state index contributed by atoms with van der Waals surface area (Å²) in [6.07, 6.45) is 17.4. The number of pyridine rings is 4. The molecule has 0 bridgehead atoms. The molecular weight excluding hydrogens is 1720 g/mol. The van der Waals surface area contributed by atoms with Gasteiger partial charge in [0.25, 0.3) is 23.6 Å². The summed E-state index contributed by atoms with van der Waals surface area (Å²) in [7, 11) is 6.34. The average molecular weight is 1830 g/mol. The van der Waals surface area contributed by atoms with Gasteiger partial charge in [-0.05, 0) is 80.3 Å². The zero-order chi connectivity index (χ0) is 92.4. The molecule has 0 saturated heterocycles. The first-order valence-electron chi connectivity index (χ1n) is 42.3. The minimum Gasteiger partial charge on any atom is -0.369 e. The highest BCUT2D eigenvalue weighted by molar-refractivity contribution is 7.59. The number of benzene rings is 4.